The van der Waals surface area contributed by atoms with E-state index >= 15 is 0 Å². The zero-order valence-corrected chi connectivity index (χ0v) is 12.8. The Kier molecular flexibility index (Phi) is 5.02. The lowest BCUT2D eigenvalue weighted by molar-refractivity contribution is -0.146. The van der Waals surface area contributed by atoms with E-state index in [9.17, 15) is 9.59 Å². The maximum absolute atomic E-state index is 12.2. The van der Waals surface area contributed by atoms with Gasteiger partial charge in [-0.25, -0.2) is 0 Å². The molecule has 0 bridgehead atoms. The van der Waals surface area contributed by atoms with Crippen LogP contribution in [-0.2, 0) is 14.3 Å². The fourth-order valence-electron chi connectivity index (χ4n) is 2.48. The standard InChI is InChI=1S/C16H18ClNO3/c1-11-9-18(10-13(11)16(20)21-2)15(19)8-7-12-5-3-4-6-14(12)17/h3-8,11,13H,9-10H2,1-2H3/b8-7+. The van der Waals surface area contributed by atoms with Gasteiger partial charge in [-0.1, -0.05) is 36.7 Å². The molecule has 1 aromatic rings. The average Bonchev–Trinajstić information content (AvgIpc) is 2.87. The minimum atomic E-state index is -0.257. The molecule has 0 saturated carbocycles. The van der Waals surface area contributed by atoms with Gasteiger partial charge in [0.15, 0.2) is 0 Å². The fraction of sp³-hybridized carbons (Fsp3) is 0.375. The summed E-state index contributed by atoms with van der Waals surface area (Å²) < 4.78 is 4.77. The molecular formula is C16H18ClNO3. The van der Waals surface area contributed by atoms with Gasteiger partial charge in [0.1, 0.15) is 0 Å². The molecular weight excluding hydrogens is 290 g/mol. The van der Waals surface area contributed by atoms with E-state index < -0.39 is 0 Å². The van der Waals surface area contributed by atoms with Crippen LogP contribution in [0.3, 0.4) is 0 Å². The molecule has 1 amide bonds. The van der Waals surface area contributed by atoms with Gasteiger partial charge in [0.05, 0.1) is 13.0 Å². The number of methoxy groups -OCH3 is 1. The molecule has 0 N–H and O–H groups in total. The molecule has 2 unspecified atom stereocenters. The second-order valence-electron chi connectivity index (χ2n) is 5.21. The van der Waals surface area contributed by atoms with Crippen molar-refractivity contribution in [1.29, 1.82) is 0 Å². The summed E-state index contributed by atoms with van der Waals surface area (Å²) in [4.78, 5) is 25.5. The summed E-state index contributed by atoms with van der Waals surface area (Å²) >= 11 is 6.04. The smallest absolute Gasteiger partial charge is 0.310 e. The predicted octanol–water partition coefficient (Wildman–Crippen LogP) is 2.62. The molecule has 0 radical (unpaired) electrons. The molecule has 1 aromatic carbocycles. The molecule has 2 atom stereocenters. The maximum atomic E-state index is 12.2. The first-order valence-electron chi connectivity index (χ1n) is 6.82. The molecule has 2 rings (SSSR count). The number of ether oxygens (including phenoxy) is 1. The largest absolute Gasteiger partial charge is 0.469 e. The Balaban J connectivity index is 2.02. The summed E-state index contributed by atoms with van der Waals surface area (Å²) in [5, 5.41) is 0.601. The van der Waals surface area contributed by atoms with Crippen LogP contribution in [0.15, 0.2) is 30.3 Å². The van der Waals surface area contributed by atoms with Crippen LogP contribution in [0.1, 0.15) is 12.5 Å². The number of hydrogen-bond donors (Lipinski definition) is 0. The highest BCUT2D eigenvalue weighted by Gasteiger charge is 2.36. The molecule has 0 aromatic heterocycles. The SMILES string of the molecule is COC(=O)C1CN(C(=O)/C=C/c2ccccc2Cl)CC1C. The number of amides is 1. The van der Waals surface area contributed by atoms with Crippen molar-refractivity contribution in [3.63, 3.8) is 0 Å². The van der Waals surface area contributed by atoms with Gasteiger partial charge in [-0.2, -0.15) is 0 Å². The molecule has 0 aliphatic carbocycles. The third-order valence-corrected chi connectivity index (χ3v) is 4.08. The van der Waals surface area contributed by atoms with Crippen LogP contribution in [0.4, 0.5) is 0 Å². The van der Waals surface area contributed by atoms with E-state index in [1.54, 1.807) is 17.0 Å². The van der Waals surface area contributed by atoms with Crippen LogP contribution in [0.25, 0.3) is 6.08 Å². The van der Waals surface area contributed by atoms with E-state index in [0.717, 1.165) is 5.56 Å². The predicted molar refractivity (Wildman–Crippen MR) is 81.7 cm³/mol. The molecule has 1 aliphatic rings. The quantitative estimate of drug-likeness (QED) is 0.637. The molecule has 1 saturated heterocycles. The van der Waals surface area contributed by atoms with Gasteiger partial charge in [-0.05, 0) is 23.6 Å². The van der Waals surface area contributed by atoms with E-state index in [1.807, 2.05) is 25.1 Å². The number of rotatable bonds is 3. The lowest BCUT2D eigenvalue weighted by Gasteiger charge is -2.13. The number of nitrogens with zero attached hydrogens (tertiary/aromatic N) is 1. The third kappa shape index (κ3) is 3.64. The molecule has 112 valence electrons. The minimum Gasteiger partial charge on any atom is -0.469 e. The molecule has 1 heterocycles. The van der Waals surface area contributed by atoms with Gasteiger partial charge < -0.3 is 9.64 Å². The van der Waals surface area contributed by atoms with E-state index in [1.165, 1.54) is 13.2 Å². The maximum Gasteiger partial charge on any atom is 0.310 e. The fourth-order valence-corrected chi connectivity index (χ4v) is 2.68. The van der Waals surface area contributed by atoms with Crippen LogP contribution < -0.4 is 0 Å². The zero-order valence-electron chi connectivity index (χ0n) is 12.1. The van der Waals surface area contributed by atoms with Crippen molar-refractivity contribution in [2.24, 2.45) is 11.8 Å². The van der Waals surface area contributed by atoms with E-state index in [4.69, 9.17) is 16.3 Å². The first-order valence-corrected chi connectivity index (χ1v) is 7.20. The van der Waals surface area contributed by atoms with Crippen LogP contribution in [-0.4, -0.2) is 37.0 Å². The lowest BCUT2D eigenvalue weighted by Crippen LogP contribution is -2.28. The van der Waals surface area contributed by atoms with E-state index in [0.29, 0.717) is 18.1 Å². The Bertz CT molecular complexity index is 570. The number of carbonyl (C=O) groups is 2. The van der Waals surface area contributed by atoms with Gasteiger partial charge in [0, 0.05) is 24.2 Å². The Hall–Kier alpha value is -1.81. The highest BCUT2D eigenvalue weighted by atomic mass is 35.5. The topological polar surface area (TPSA) is 46.6 Å². The average molecular weight is 308 g/mol. The Labute approximate surface area is 129 Å². The lowest BCUT2D eigenvalue weighted by atomic mass is 9.99. The normalized spacial score (nSPS) is 21.8. The van der Waals surface area contributed by atoms with Crippen molar-refractivity contribution in [2.45, 2.75) is 6.92 Å². The van der Waals surface area contributed by atoms with E-state index in [-0.39, 0.29) is 23.7 Å². The molecule has 4 nitrogen and oxygen atoms in total. The molecule has 5 heteroatoms. The van der Waals surface area contributed by atoms with Gasteiger partial charge in [0.2, 0.25) is 5.91 Å². The summed E-state index contributed by atoms with van der Waals surface area (Å²) in [5.74, 6) is -0.510. The second-order valence-corrected chi connectivity index (χ2v) is 5.61. The van der Waals surface area contributed by atoms with Crippen molar-refractivity contribution in [3.8, 4) is 0 Å². The molecule has 21 heavy (non-hydrogen) atoms. The van der Waals surface area contributed by atoms with Crippen LogP contribution in [0.5, 0.6) is 0 Å². The van der Waals surface area contributed by atoms with Crippen molar-refractivity contribution in [1.82, 2.24) is 4.90 Å². The summed E-state index contributed by atoms with van der Waals surface area (Å²) in [5.41, 5.74) is 0.796. The monoisotopic (exact) mass is 307 g/mol. The number of likely N-dealkylation sites (tertiary alicyclic amines) is 1. The number of halogens is 1. The number of carbonyl (C=O) groups excluding carboxylic acids is 2. The highest BCUT2D eigenvalue weighted by molar-refractivity contribution is 6.32. The summed E-state index contributed by atoms with van der Waals surface area (Å²) in [6.45, 7) is 2.91. The Morgan fingerprint density at radius 1 is 1.33 bits per heavy atom. The van der Waals surface area contributed by atoms with Crippen LogP contribution >= 0.6 is 11.6 Å². The summed E-state index contributed by atoms with van der Waals surface area (Å²) in [6, 6.07) is 7.32. The van der Waals surface area contributed by atoms with Gasteiger partial charge in [0.25, 0.3) is 0 Å². The first-order chi connectivity index (χ1) is 10.0. The number of hydrogen-bond acceptors (Lipinski definition) is 3. The van der Waals surface area contributed by atoms with Crippen LogP contribution in [0, 0.1) is 11.8 Å². The van der Waals surface area contributed by atoms with Crippen molar-refractivity contribution >= 4 is 29.6 Å². The van der Waals surface area contributed by atoms with Crippen molar-refractivity contribution in [2.75, 3.05) is 20.2 Å². The molecule has 1 aliphatic heterocycles. The summed E-state index contributed by atoms with van der Waals surface area (Å²) in [6.07, 6.45) is 3.19. The molecule has 1 fully saturated rings. The van der Waals surface area contributed by atoms with Gasteiger partial charge in [-0.3, -0.25) is 9.59 Å². The van der Waals surface area contributed by atoms with Crippen molar-refractivity contribution < 1.29 is 14.3 Å². The van der Waals surface area contributed by atoms with Crippen LogP contribution in [0.2, 0.25) is 5.02 Å². The third-order valence-electron chi connectivity index (χ3n) is 3.74. The number of benzene rings is 1. The van der Waals surface area contributed by atoms with Crippen molar-refractivity contribution in [3.05, 3.63) is 40.9 Å². The Morgan fingerprint density at radius 3 is 2.71 bits per heavy atom. The second kappa shape index (κ2) is 6.76. The number of esters is 1. The van der Waals surface area contributed by atoms with Gasteiger partial charge >= 0.3 is 5.97 Å². The van der Waals surface area contributed by atoms with Gasteiger partial charge in [-0.15, -0.1) is 0 Å². The van der Waals surface area contributed by atoms with E-state index in [2.05, 4.69) is 0 Å². The zero-order chi connectivity index (χ0) is 15.4. The highest BCUT2D eigenvalue weighted by Crippen LogP contribution is 2.24. The summed E-state index contributed by atoms with van der Waals surface area (Å²) in [7, 11) is 1.37. The first kappa shape index (κ1) is 15.6. The molecule has 0 spiro atoms. The Morgan fingerprint density at radius 2 is 2.05 bits per heavy atom. The minimum absolute atomic E-state index is 0.107.